The number of aromatic nitrogens is 1. The summed E-state index contributed by atoms with van der Waals surface area (Å²) >= 11 is 4.39. The van der Waals surface area contributed by atoms with Crippen LogP contribution in [-0.2, 0) is 0 Å². The minimum atomic E-state index is -0.383. The molecule has 0 spiro atoms. The molecule has 1 aromatic heterocycles. The van der Waals surface area contributed by atoms with Gasteiger partial charge >= 0.3 is 0 Å². The number of carbonyl (C=O) groups is 1. The summed E-state index contributed by atoms with van der Waals surface area (Å²) in [5.74, 6) is -0.729. The lowest BCUT2D eigenvalue weighted by molar-refractivity contribution is 0.102. The summed E-state index contributed by atoms with van der Waals surface area (Å²) in [6.07, 6.45) is 0. The van der Waals surface area contributed by atoms with Crippen molar-refractivity contribution in [3.8, 4) is 0 Å². The van der Waals surface area contributed by atoms with E-state index in [0.717, 1.165) is 0 Å². The number of hydrogen-bond acceptors (Lipinski definition) is 4. The van der Waals surface area contributed by atoms with Gasteiger partial charge in [0.05, 0.1) is 10.5 Å². The molecule has 100 valence electrons. The molecule has 0 aliphatic carbocycles. The monoisotopic (exact) mass is 343 g/mol. The number of halogens is 2. The molecule has 3 N–H and O–H groups in total. The smallest absolute Gasteiger partial charge is 0.275 e. The van der Waals surface area contributed by atoms with E-state index in [9.17, 15) is 9.18 Å². The van der Waals surface area contributed by atoms with Crippen LogP contribution < -0.4 is 11.1 Å². The number of rotatable bonds is 3. The van der Waals surface area contributed by atoms with Gasteiger partial charge in [0.1, 0.15) is 16.5 Å². The van der Waals surface area contributed by atoms with Crippen molar-refractivity contribution in [2.75, 3.05) is 5.32 Å². The molecule has 0 aliphatic heterocycles. The summed E-state index contributed by atoms with van der Waals surface area (Å²) in [7, 11) is 0. The zero-order valence-electron chi connectivity index (χ0n) is 9.98. The lowest BCUT2D eigenvalue weighted by Crippen LogP contribution is -2.13. The fourth-order valence-electron chi connectivity index (χ4n) is 1.37. The first-order valence-corrected chi connectivity index (χ1v) is 7.12. The molecule has 1 unspecified atom stereocenters. The third-order valence-corrected chi connectivity index (χ3v) is 3.97. The van der Waals surface area contributed by atoms with Gasteiger partial charge in [0.25, 0.3) is 5.91 Å². The van der Waals surface area contributed by atoms with Gasteiger partial charge in [-0.1, -0.05) is 0 Å². The van der Waals surface area contributed by atoms with Gasteiger partial charge in [-0.25, -0.2) is 9.37 Å². The second-order valence-corrected chi connectivity index (χ2v) is 5.69. The minimum Gasteiger partial charge on any atom is -0.322 e. The van der Waals surface area contributed by atoms with E-state index >= 15 is 0 Å². The molecule has 4 nitrogen and oxygen atoms in total. The molecule has 0 saturated heterocycles. The average molecular weight is 344 g/mol. The second-order valence-electron chi connectivity index (χ2n) is 3.94. The van der Waals surface area contributed by atoms with Gasteiger partial charge in [-0.15, -0.1) is 11.3 Å². The Kier molecular flexibility index (Phi) is 4.28. The Balaban J connectivity index is 2.13. The molecule has 2 aromatic rings. The van der Waals surface area contributed by atoms with Crippen molar-refractivity contribution in [2.45, 2.75) is 13.0 Å². The first-order valence-electron chi connectivity index (χ1n) is 5.45. The number of anilines is 1. The predicted octanol–water partition coefficient (Wildman–Crippen LogP) is 3.32. The number of carbonyl (C=O) groups excluding carboxylic acids is 1. The SMILES string of the molecule is CC(N)c1nc(C(=O)Nc2ccc(F)c(Br)c2)cs1. The Bertz CT molecular complexity index is 615. The fraction of sp³-hybridized carbons (Fsp3) is 0.167. The summed E-state index contributed by atoms with van der Waals surface area (Å²) in [6, 6.07) is 4.04. The molecule has 0 aliphatic rings. The van der Waals surface area contributed by atoms with Crippen LogP contribution in [0, 0.1) is 5.82 Å². The molecule has 1 atom stereocenters. The van der Waals surface area contributed by atoms with Crippen LogP contribution in [0.1, 0.15) is 28.5 Å². The molecule has 1 amide bonds. The Morgan fingerprint density at radius 2 is 2.32 bits per heavy atom. The third kappa shape index (κ3) is 3.37. The van der Waals surface area contributed by atoms with Crippen LogP contribution in [0.15, 0.2) is 28.1 Å². The van der Waals surface area contributed by atoms with Gasteiger partial charge in [0.15, 0.2) is 0 Å². The van der Waals surface area contributed by atoms with E-state index in [1.807, 2.05) is 0 Å². The highest BCUT2D eigenvalue weighted by atomic mass is 79.9. The lowest BCUT2D eigenvalue weighted by atomic mass is 10.3. The van der Waals surface area contributed by atoms with Crippen LogP contribution in [0.25, 0.3) is 0 Å². The van der Waals surface area contributed by atoms with E-state index in [1.165, 1.54) is 29.5 Å². The van der Waals surface area contributed by atoms with Crippen LogP contribution >= 0.6 is 27.3 Å². The van der Waals surface area contributed by atoms with Crippen molar-refractivity contribution < 1.29 is 9.18 Å². The van der Waals surface area contributed by atoms with Crippen LogP contribution in [-0.4, -0.2) is 10.9 Å². The van der Waals surface area contributed by atoms with E-state index < -0.39 is 0 Å². The third-order valence-electron chi connectivity index (χ3n) is 2.32. The molecule has 0 bridgehead atoms. The number of nitrogens with one attached hydrogen (secondary N) is 1. The van der Waals surface area contributed by atoms with Crippen molar-refractivity contribution in [3.05, 3.63) is 44.6 Å². The van der Waals surface area contributed by atoms with Gasteiger partial charge < -0.3 is 11.1 Å². The maximum absolute atomic E-state index is 13.1. The van der Waals surface area contributed by atoms with Crippen molar-refractivity contribution in [1.29, 1.82) is 0 Å². The molecule has 0 saturated carbocycles. The molecule has 1 heterocycles. The van der Waals surface area contributed by atoms with Crippen molar-refractivity contribution >= 4 is 38.9 Å². The highest BCUT2D eigenvalue weighted by Gasteiger charge is 2.13. The summed E-state index contributed by atoms with van der Waals surface area (Å²) in [5, 5.41) is 4.99. The Labute approximate surface area is 122 Å². The summed E-state index contributed by atoms with van der Waals surface area (Å²) in [5.41, 5.74) is 6.48. The molecular weight excluding hydrogens is 333 g/mol. The summed E-state index contributed by atoms with van der Waals surface area (Å²) in [4.78, 5) is 16.1. The van der Waals surface area contributed by atoms with Crippen LogP contribution in [0.4, 0.5) is 10.1 Å². The zero-order chi connectivity index (χ0) is 14.0. The van der Waals surface area contributed by atoms with Crippen LogP contribution in [0.3, 0.4) is 0 Å². The molecule has 7 heteroatoms. The van der Waals surface area contributed by atoms with Crippen molar-refractivity contribution in [1.82, 2.24) is 4.98 Å². The normalized spacial score (nSPS) is 12.2. The average Bonchev–Trinajstić information content (AvgIpc) is 2.83. The predicted molar refractivity (Wildman–Crippen MR) is 76.8 cm³/mol. The first-order chi connectivity index (χ1) is 8.97. The number of hydrogen-bond donors (Lipinski definition) is 2. The number of benzene rings is 1. The highest BCUT2D eigenvalue weighted by molar-refractivity contribution is 9.10. The zero-order valence-corrected chi connectivity index (χ0v) is 12.4. The Hall–Kier alpha value is -1.31. The summed E-state index contributed by atoms with van der Waals surface area (Å²) in [6.45, 7) is 1.80. The summed E-state index contributed by atoms with van der Waals surface area (Å²) < 4.78 is 13.4. The maximum Gasteiger partial charge on any atom is 0.275 e. The van der Waals surface area contributed by atoms with Gasteiger partial charge in [-0.2, -0.15) is 0 Å². The molecule has 0 radical (unpaired) electrons. The topological polar surface area (TPSA) is 68.0 Å². The quantitative estimate of drug-likeness (QED) is 0.898. The lowest BCUT2D eigenvalue weighted by Gasteiger charge is -2.04. The fourth-order valence-corrected chi connectivity index (χ4v) is 2.51. The number of nitrogens with zero attached hydrogens (tertiary/aromatic N) is 1. The Morgan fingerprint density at radius 3 is 2.89 bits per heavy atom. The van der Waals surface area contributed by atoms with Crippen LogP contribution in [0.5, 0.6) is 0 Å². The van der Waals surface area contributed by atoms with E-state index in [1.54, 1.807) is 12.3 Å². The van der Waals surface area contributed by atoms with E-state index in [0.29, 0.717) is 20.9 Å². The number of amides is 1. The number of thiazole rings is 1. The minimum absolute atomic E-state index is 0.202. The highest BCUT2D eigenvalue weighted by Crippen LogP contribution is 2.21. The molecule has 19 heavy (non-hydrogen) atoms. The maximum atomic E-state index is 13.1. The molecule has 1 aromatic carbocycles. The molecule has 0 fully saturated rings. The van der Waals surface area contributed by atoms with Crippen molar-refractivity contribution in [2.24, 2.45) is 5.73 Å². The first kappa shape index (κ1) is 14.1. The largest absolute Gasteiger partial charge is 0.322 e. The van der Waals surface area contributed by atoms with Crippen LogP contribution in [0.2, 0.25) is 0 Å². The molecular formula is C12H11BrFN3OS. The van der Waals surface area contributed by atoms with Gasteiger partial charge in [0.2, 0.25) is 0 Å². The van der Waals surface area contributed by atoms with Crippen molar-refractivity contribution in [3.63, 3.8) is 0 Å². The van der Waals surface area contributed by atoms with E-state index in [-0.39, 0.29) is 17.8 Å². The van der Waals surface area contributed by atoms with Gasteiger partial charge in [0, 0.05) is 11.1 Å². The van der Waals surface area contributed by atoms with Gasteiger partial charge in [-0.3, -0.25) is 4.79 Å². The van der Waals surface area contributed by atoms with E-state index in [4.69, 9.17) is 5.73 Å². The molecule has 2 rings (SSSR count). The Morgan fingerprint density at radius 1 is 1.58 bits per heavy atom. The van der Waals surface area contributed by atoms with E-state index in [2.05, 4.69) is 26.2 Å². The second kappa shape index (κ2) is 5.77. The van der Waals surface area contributed by atoms with Gasteiger partial charge in [-0.05, 0) is 41.1 Å². The standard InChI is InChI=1S/C12H11BrFN3OS/c1-6(15)12-17-10(5-19-12)11(18)16-7-2-3-9(14)8(13)4-7/h2-6H,15H2,1H3,(H,16,18). The number of nitrogens with two attached hydrogens (primary N) is 1.